The number of nitrogens with one attached hydrogen (secondary N) is 1. The van der Waals surface area contributed by atoms with E-state index < -0.39 is 23.4 Å². The highest BCUT2D eigenvalue weighted by molar-refractivity contribution is 6.49. The van der Waals surface area contributed by atoms with Crippen molar-refractivity contribution in [1.29, 1.82) is 5.41 Å². The summed E-state index contributed by atoms with van der Waals surface area (Å²) in [7, 11) is 4.39. The number of carbonyl (C=O) groups excluding carboxylic acids is 1. The molecule has 45 heavy (non-hydrogen) atoms. The largest absolute Gasteiger partial charge is 0.497 e. The molecule has 0 radical (unpaired) electrons. The maximum absolute atomic E-state index is 14.0. The van der Waals surface area contributed by atoms with Gasteiger partial charge in [-0.05, 0) is 29.2 Å². The number of pyridine rings is 1. The second-order valence-corrected chi connectivity index (χ2v) is 10.9. The number of aromatic nitrogens is 3. The molecule has 12 heteroatoms. The fraction of sp³-hybridized carbons (Fsp3) is 0.273. The SMILES string of the molecule is C=C(C=CC(=C)OC)Cn1cc(Cl)cc(N2C(=O)C(=N)C(C(=Nc3cnc(OC)nc3OC)C(C)C)C2c2ccccc2)c1=O. The summed E-state index contributed by atoms with van der Waals surface area (Å²) in [5.41, 5.74) is 1.43. The minimum atomic E-state index is -0.837. The van der Waals surface area contributed by atoms with Crippen molar-refractivity contribution in [2.45, 2.75) is 26.4 Å². The van der Waals surface area contributed by atoms with Gasteiger partial charge in [0.1, 0.15) is 22.8 Å². The topological polar surface area (TPSA) is 132 Å². The highest BCUT2D eigenvalue weighted by atomic mass is 35.5. The van der Waals surface area contributed by atoms with Gasteiger partial charge in [-0.15, -0.1) is 0 Å². The van der Waals surface area contributed by atoms with Crippen LogP contribution in [0.15, 0.2) is 95.2 Å². The third-order valence-electron chi connectivity index (χ3n) is 7.18. The molecular weight excluding hydrogens is 596 g/mol. The first-order valence-corrected chi connectivity index (χ1v) is 14.4. The molecule has 0 aliphatic carbocycles. The first-order chi connectivity index (χ1) is 21.5. The number of aliphatic imine (C=N–C) groups is 1. The van der Waals surface area contributed by atoms with Gasteiger partial charge in [0, 0.05) is 11.9 Å². The summed E-state index contributed by atoms with van der Waals surface area (Å²) in [5.74, 6) is -1.11. The van der Waals surface area contributed by atoms with Gasteiger partial charge in [-0.2, -0.15) is 4.98 Å². The Kier molecular flexibility index (Phi) is 10.4. The van der Waals surface area contributed by atoms with Crippen molar-refractivity contribution in [3.05, 3.63) is 106 Å². The van der Waals surface area contributed by atoms with Crippen LogP contribution in [0, 0.1) is 17.2 Å². The molecule has 1 aliphatic rings. The average molecular weight is 631 g/mol. The summed E-state index contributed by atoms with van der Waals surface area (Å²) >= 11 is 6.53. The van der Waals surface area contributed by atoms with Crippen molar-refractivity contribution in [1.82, 2.24) is 14.5 Å². The number of nitrogens with zero attached hydrogens (tertiary/aromatic N) is 5. The van der Waals surface area contributed by atoms with Crippen molar-refractivity contribution in [2.75, 3.05) is 26.2 Å². The molecule has 234 valence electrons. The average Bonchev–Trinajstić information content (AvgIpc) is 3.29. The smallest absolute Gasteiger partial charge is 0.319 e. The van der Waals surface area contributed by atoms with Crippen molar-refractivity contribution < 1.29 is 19.0 Å². The molecule has 0 saturated carbocycles. The fourth-order valence-electron chi connectivity index (χ4n) is 5.05. The van der Waals surface area contributed by atoms with Gasteiger partial charge in [0.05, 0.1) is 51.1 Å². The Morgan fingerprint density at radius 2 is 1.84 bits per heavy atom. The maximum Gasteiger partial charge on any atom is 0.319 e. The highest BCUT2D eigenvalue weighted by Crippen LogP contribution is 2.42. The number of amides is 1. The summed E-state index contributed by atoms with van der Waals surface area (Å²) in [5, 5.41) is 9.32. The first-order valence-electron chi connectivity index (χ1n) is 14.0. The molecule has 3 aromatic rings. The fourth-order valence-corrected chi connectivity index (χ4v) is 5.27. The predicted molar refractivity (Wildman–Crippen MR) is 175 cm³/mol. The Bertz CT molecular complexity index is 1750. The standard InChI is InChI=1S/C33H35ClN6O5/c1-19(2)28(37-24-16-36-33(45-7)38-30(24)44-6)26-27(35)32(42)40(29(26)22-11-9-8-10-12-22)25-15-23(34)18-39(31(25)41)17-20(3)13-14-21(4)43-5/h8-16,18-19,26,29,35H,3-4,17H2,1-2,5-7H3. The third kappa shape index (κ3) is 7.04. The lowest BCUT2D eigenvalue weighted by molar-refractivity contribution is -0.112. The number of hydrogen-bond donors (Lipinski definition) is 1. The number of allylic oxidation sites excluding steroid dienone is 3. The number of ether oxygens (including phenoxy) is 3. The van der Waals surface area contributed by atoms with Crippen LogP contribution in [0.3, 0.4) is 0 Å². The molecule has 0 spiro atoms. The normalized spacial score (nSPS) is 16.9. The van der Waals surface area contributed by atoms with Gasteiger partial charge in [-0.25, -0.2) is 9.98 Å². The van der Waals surface area contributed by atoms with E-state index in [1.54, 1.807) is 12.2 Å². The molecule has 1 saturated heterocycles. The molecule has 2 aromatic heterocycles. The molecule has 2 unspecified atom stereocenters. The molecule has 2 atom stereocenters. The molecule has 1 fully saturated rings. The van der Waals surface area contributed by atoms with Gasteiger partial charge in [-0.1, -0.05) is 75.0 Å². The van der Waals surface area contributed by atoms with Crippen LogP contribution >= 0.6 is 11.6 Å². The molecule has 3 heterocycles. The Morgan fingerprint density at radius 1 is 1.13 bits per heavy atom. The van der Waals surface area contributed by atoms with Gasteiger partial charge in [0.2, 0.25) is 5.88 Å². The summed E-state index contributed by atoms with van der Waals surface area (Å²) in [4.78, 5) is 42.6. The molecule has 1 aliphatic heterocycles. The number of anilines is 1. The van der Waals surface area contributed by atoms with E-state index in [-0.39, 0.29) is 40.8 Å². The van der Waals surface area contributed by atoms with Crippen molar-refractivity contribution in [3.63, 3.8) is 0 Å². The van der Waals surface area contributed by atoms with Crippen LogP contribution in [0.25, 0.3) is 0 Å². The van der Waals surface area contributed by atoms with Crippen LogP contribution in [0.2, 0.25) is 5.02 Å². The summed E-state index contributed by atoms with van der Waals surface area (Å²) in [6.07, 6.45) is 6.26. The number of benzene rings is 1. The second-order valence-electron chi connectivity index (χ2n) is 10.5. The monoisotopic (exact) mass is 630 g/mol. The van der Waals surface area contributed by atoms with Crippen molar-refractivity contribution >= 4 is 40.3 Å². The maximum atomic E-state index is 14.0. The van der Waals surface area contributed by atoms with E-state index in [4.69, 9.17) is 36.2 Å². The van der Waals surface area contributed by atoms with Crippen molar-refractivity contribution in [2.24, 2.45) is 16.8 Å². The third-order valence-corrected chi connectivity index (χ3v) is 7.38. The quantitative estimate of drug-likeness (QED) is 0.153. The minimum absolute atomic E-state index is 0.0279. The Morgan fingerprint density at radius 3 is 2.47 bits per heavy atom. The summed E-state index contributed by atoms with van der Waals surface area (Å²) < 4.78 is 17.0. The highest BCUT2D eigenvalue weighted by Gasteiger charge is 2.50. The second kappa shape index (κ2) is 14.2. The summed E-state index contributed by atoms with van der Waals surface area (Å²) in [6, 6.07) is 9.99. The van der Waals surface area contributed by atoms with E-state index in [1.165, 1.54) is 49.3 Å². The lowest BCUT2D eigenvalue weighted by Crippen LogP contribution is -2.37. The van der Waals surface area contributed by atoms with Gasteiger partial charge < -0.3 is 18.8 Å². The van der Waals surface area contributed by atoms with Crippen LogP contribution in [-0.2, 0) is 16.1 Å². The minimum Gasteiger partial charge on any atom is -0.497 e. The van der Waals surface area contributed by atoms with E-state index in [1.807, 2.05) is 44.2 Å². The number of carbonyl (C=O) groups is 1. The van der Waals surface area contributed by atoms with E-state index in [2.05, 4.69) is 23.1 Å². The first kappa shape index (κ1) is 32.9. The van der Waals surface area contributed by atoms with Gasteiger partial charge in [0.15, 0.2) is 0 Å². The van der Waals surface area contributed by atoms with Crippen LogP contribution in [0.1, 0.15) is 25.5 Å². The number of halogens is 1. The zero-order valence-electron chi connectivity index (χ0n) is 25.8. The van der Waals surface area contributed by atoms with E-state index in [0.29, 0.717) is 28.3 Å². The number of rotatable bonds is 12. The van der Waals surface area contributed by atoms with Crippen LogP contribution < -0.4 is 19.9 Å². The molecule has 4 rings (SSSR count). The zero-order valence-corrected chi connectivity index (χ0v) is 26.5. The molecule has 0 bridgehead atoms. The summed E-state index contributed by atoms with van der Waals surface area (Å²) in [6.45, 7) is 11.7. The lowest BCUT2D eigenvalue weighted by atomic mass is 9.83. The Labute approximate surface area is 266 Å². The van der Waals surface area contributed by atoms with Crippen LogP contribution in [0.4, 0.5) is 11.4 Å². The van der Waals surface area contributed by atoms with Gasteiger partial charge in [0.25, 0.3) is 11.5 Å². The Hall–Kier alpha value is -5.03. The number of methoxy groups -OCH3 is 3. The van der Waals surface area contributed by atoms with E-state index in [0.717, 1.165) is 0 Å². The van der Waals surface area contributed by atoms with Gasteiger partial charge in [-0.3, -0.25) is 19.9 Å². The molecule has 1 amide bonds. The Balaban J connectivity index is 1.88. The molecule has 1 aromatic carbocycles. The molecular formula is C33H35ClN6O5. The molecule has 1 N–H and O–H groups in total. The predicted octanol–water partition coefficient (Wildman–Crippen LogP) is 5.73. The van der Waals surface area contributed by atoms with Crippen molar-refractivity contribution in [3.8, 4) is 11.9 Å². The van der Waals surface area contributed by atoms with Crippen LogP contribution in [0.5, 0.6) is 11.9 Å². The zero-order chi connectivity index (χ0) is 32.8. The number of hydrogen-bond acceptors (Lipinski definition) is 9. The van der Waals surface area contributed by atoms with Crippen LogP contribution in [-0.4, -0.2) is 53.2 Å². The van der Waals surface area contributed by atoms with E-state index >= 15 is 0 Å². The van der Waals surface area contributed by atoms with E-state index in [9.17, 15) is 9.59 Å². The lowest BCUT2D eigenvalue weighted by Gasteiger charge is -2.30. The molecule has 11 nitrogen and oxygen atoms in total. The van der Waals surface area contributed by atoms with Gasteiger partial charge >= 0.3 is 6.01 Å².